The summed E-state index contributed by atoms with van der Waals surface area (Å²) in [6.45, 7) is 0. The molecule has 17 heavy (non-hydrogen) atoms. The molecule has 0 saturated heterocycles. The predicted molar refractivity (Wildman–Crippen MR) is 64.7 cm³/mol. The zero-order chi connectivity index (χ0) is 12.5. The third kappa shape index (κ3) is 3.20. The molecule has 0 spiro atoms. The van der Waals surface area contributed by atoms with E-state index in [1.165, 1.54) is 5.56 Å². The SMILES string of the molecule is COc1ccc2c(c1)CCC(OS(C)(=O)=O)C2. The van der Waals surface area contributed by atoms with Crippen molar-refractivity contribution in [2.24, 2.45) is 0 Å². The van der Waals surface area contributed by atoms with E-state index in [1.807, 2.05) is 18.2 Å². The highest BCUT2D eigenvalue weighted by Crippen LogP contribution is 2.27. The van der Waals surface area contributed by atoms with Gasteiger partial charge in [-0.1, -0.05) is 6.07 Å². The number of aryl methyl sites for hydroxylation is 1. The number of hydrogen-bond acceptors (Lipinski definition) is 4. The van der Waals surface area contributed by atoms with Gasteiger partial charge in [0.1, 0.15) is 5.75 Å². The highest BCUT2D eigenvalue weighted by molar-refractivity contribution is 7.86. The van der Waals surface area contributed by atoms with E-state index in [0.29, 0.717) is 6.42 Å². The van der Waals surface area contributed by atoms with E-state index in [1.54, 1.807) is 7.11 Å². The molecule has 5 heteroatoms. The molecule has 0 saturated carbocycles. The maximum Gasteiger partial charge on any atom is 0.264 e. The Morgan fingerprint density at radius 2 is 2.06 bits per heavy atom. The summed E-state index contributed by atoms with van der Waals surface area (Å²) in [5.41, 5.74) is 2.36. The van der Waals surface area contributed by atoms with Crippen LogP contribution in [0.4, 0.5) is 0 Å². The van der Waals surface area contributed by atoms with Gasteiger partial charge in [0.05, 0.1) is 19.5 Å². The third-order valence-corrected chi connectivity index (χ3v) is 3.53. The van der Waals surface area contributed by atoms with Gasteiger partial charge in [-0.05, 0) is 36.1 Å². The summed E-state index contributed by atoms with van der Waals surface area (Å²) in [5, 5.41) is 0. The molecule has 2 rings (SSSR count). The van der Waals surface area contributed by atoms with Gasteiger partial charge in [0.2, 0.25) is 0 Å². The number of methoxy groups -OCH3 is 1. The third-order valence-electron chi connectivity index (χ3n) is 2.91. The van der Waals surface area contributed by atoms with Crippen LogP contribution in [0.3, 0.4) is 0 Å². The smallest absolute Gasteiger partial charge is 0.264 e. The lowest BCUT2D eigenvalue weighted by Crippen LogP contribution is -2.25. The molecule has 4 nitrogen and oxygen atoms in total. The normalized spacial score (nSPS) is 19.8. The van der Waals surface area contributed by atoms with E-state index < -0.39 is 10.1 Å². The molecule has 0 amide bonds. The summed E-state index contributed by atoms with van der Waals surface area (Å²) >= 11 is 0. The Hall–Kier alpha value is -1.07. The Bertz CT molecular complexity index is 507. The van der Waals surface area contributed by atoms with Crippen molar-refractivity contribution in [2.45, 2.75) is 25.4 Å². The van der Waals surface area contributed by atoms with Crippen LogP contribution in [0.1, 0.15) is 17.5 Å². The minimum Gasteiger partial charge on any atom is -0.497 e. The summed E-state index contributed by atoms with van der Waals surface area (Å²) < 4.78 is 32.3. The molecule has 1 unspecified atom stereocenters. The minimum atomic E-state index is -3.36. The standard InChI is InChI=1S/C12H16O4S/c1-15-11-5-3-10-8-12(16-17(2,13)14)6-4-9(10)7-11/h3,5,7,12H,4,6,8H2,1-2H3. The van der Waals surface area contributed by atoms with E-state index in [2.05, 4.69) is 0 Å². The predicted octanol–water partition coefficient (Wildman–Crippen LogP) is 1.53. The first-order valence-electron chi connectivity index (χ1n) is 5.52. The van der Waals surface area contributed by atoms with Crippen LogP contribution in [0.25, 0.3) is 0 Å². The summed E-state index contributed by atoms with van der Waals surface area (Å²) in [6.07, 6.45) is 3.06. The second-order valence-corrected chi connectivity index (χ2v) is 5.90. The fourth-order valence-corrected chi connectivity index (χ4v) is 2.81. The van der Waals surface area contributed by atoms with E-state index in [0.717, 1.165) is 30.4 Å². The van der Waals surface area contributed by atoms with Crippen LogP contribution in [0.2, 0.25) is 0 Å². The number of fused-ring (bicyclic) bond motifs is 1. The molecule has 0 aliphatic heterocycles. The number of benzene rings is 1. The first-order valence-corrected chi connectivity index (χ1v) is 7.33. The first-order chi connectivity index (χ1) is 7.98. The van der Waals surface area contributed by atoms with Gasteiger partial charge in [0.15, 0.2) is 0 Å². The molecule has 0 radical (unpaired) electrons. The molecule has 1 aliphatic rings. The number of rotatable bonds is 3. The Balaban J connectivity index is 2.14. The van der Waals surface area contributed by atoms with Crippen LogP contribution >= 0.6 is 0 Å². The maximum absolute atomic E-state index is 11.1. The molecule has 0 bridgehead atoms. The lowest BCUT2D eigenvalue weighted by Gasteiger charge is -2.24. The van der Waals surface area contributed by atoms with E-state index in [-0.39, 0.29) is 6.10 Å². The Morgan fingerprint density at radius 3 is 2.71 bits per heavy atom. The van der Waals surface area contributed by atoms with Crippen molar-refractivity contribution in [1.29, 1.82) is 0 Å². The lowest BCUT2D eigenvalue weighted by molar-refractivity contribution is 0.194. The second-order valence-electron chi connectivity index (χ2n) is 4.30. The average Bonchev–Trinajstić information content (AvgIpc) is 2.26. The zero-order valence-electron chi connectivity index (χ0n) is 9.97. The van der Waals surface area contributed by atoms with E-state index >= 15 is 0 Å². The first kappa shape index (κ1) is 12.4. The van der Waals surface area contributed by atoms with Gasteiger partial charge in [-0.3, -0.25) is 4.18 Å². The summed E-state index contributed by atoms with van der Waals surface area (Å²) in [4.78, 5) is 0. The summed E-state index contributed by atoms with van der Waals surface area (Å²) in [6, 6.07) is 5.87. The highest BCUT2D eigenvalue weighted by Gasteiger charge is 2.22. The van der Waals surface area contributed by atoms with Crippen molar-refractivity contribution in [1.82, 2.24) is 0 Å². The van der Waals surface area contributed by atoms with Crippen LogP contribution in [0.15, 0.2) is 18.2 Å². The van der Waals surface area contributed by atoms with Crippen molar-refractivity contribution in [3.8, 4) is 5.75 Å². The molecule has 1 aromatic carbocycles. The monoisotopic (exact) mass is 256 g/mol. The average molecular weight is 256 g/mol. The molecule has 0 fully saturated rings. The van der Waals surface area contributed by atoms with Crippen LogP contribution in [0.5, 0.6) is 5.75 Å². The molecule has 0 aromatic heterocycles. The largest absolute Gasteiger partial charge is 0.497 e. The Labute approximate surface area is 102 Å². The Kier molecular flexibility index (Phi) is 3.40. The molecule has 94 valence electrons. The van der Waals surface area contributed by atoms with Crippen LogP contribution in [0, 0.1) is 0 Å². The van der Waals surface area contributed by atoms with Crippen molar-refractivity contribution in [3.05, 3.63) is 29.3 Å². The van der Waals surface area contributed by atoms with Gasteiger partial charge in [0.25, 0.3) is 10.1 Å². The molecule has 1 atom stereocenters. The number of ether oxygens (including phenoxy) is 1. The van der Waals surface area contributed by atoms with Crippen molar-refractivity contribution in [2.75, 3.05) is 13.4 Å². The molecular weight excluding hydrogens is 240 g/mol. The maximum atomic E-state index is 11.1. The van der Waals surface area contributed by atoms with E-state index in [9.17, 15) is 8.42 Å². The van der Waals surface area contributed by atoms with E-state index in [4.69, 9.17) is 8.92 Å². The van der Waals surface area contributed by atoms with Gasteiger partial charge >= 0.3 is 0 Å². The van der Waals surface area contributed by atoms with Crippen molar-refractivity contribution in [3.63, 3.8) is 0 Å². The quantitative estimate of drug-likeness (QED) is 0.770. The van der Waals surface area contributed by atoms with Crippen molar-refractivity contribution >= 4 is 10.1 Å². The summed E-state index contributed by atoms with van der Waals surface area (Å²) in [5.74, 6) is 0.839. The van der Waals surface area contributed by atoms with Gasteiger partial charge in [-0.15, -0.1) is 0 Å². The minimum absolute atomic E-state index is 0.231. The van der Waals surface area contributed by atoms with Crippen molar-refractivity contribution < 1.29 is 17.3 Å². The van der Waals surface area contributed by atoms with Gasteiger partial charge in [-0.25, -0.2) is 0 Å². The molecule has 1 aliphatic carbocycles. The van der Waals surface area contributed by atoms with Gasteiger partial charge < -0.3 is 4.74 Å². The second kappa shape index (κ2) is 4.66. The number of hydrogen-bond donors (Lipinski definition) is 0. The molecule has 1 aromatic rings. The Morgan fingerprint density at radius 1 is 1.29 bits per heavy atom. The van der Waals surface area contributed by atoms with Gasteiger partial charge in [-0.2, -0.15) is 8.42 Å². The molecule has 0 heterocycles. The van der Waals surface area contributed by atoms with Crippen LogP contribution < -0.4 is 4.74 Å². The highest BCUT2D eigenvalue weighted by atomic mass is 32.2. The molecule has 0 N–H and O–H groups in total. The fourth-order valence-electron chi connectivity index (χ4n) is 2.15. The zero-order valence-corrected chi connectivity index (χ0v) is 10.8. The van der Waals surface area contributed by atoms with Crippen LogP contribution in [-0.4, -0.2) is 27.9 Å². The summed E-state index contributed by atoms with van der Waals surface area (Å²) in [7, 11) is -1.72. The van der Waals surface area contributed by atoms with Crippen LogP contribution in [-0.2, 0) is 27.1 Å². The lowest BCUT2D eigenvalue weighted by atomic mass is 9.90. The topological polar surface area (TPSA) is 52.6 Å². The fraction of sp³-hybridized carbons (Fsp3) is 0.500. The van der Waals surface area contributed by atoms with Gasteiger partial charge in [0, 0.05) is 6.42 Å². The molecular formula is C12H16O4S.